The molecule has 0 amide bonds. The summed E-state index contributed by atoms with van der Waals surface area (Å²) in [4.78, 5) is 1.35. The smallest absolute Gasteiger partial charge is 0.246 e. The molecule has 1 aliphatic heterocycles. The molecule has 1 aromatic heterocycles. The van der Waals surface area contributed by atoms with E-state index in [-0.39, 0.29) is 5.95 Å². The Morgan fingerprint density at radius 1 is 1.31 bits per heavy atom. The zero-order valence-electron chi connectivity index (χ0n) is 7.21. The summed E-state index contributed by atoms with van der Waals surface area (Å²) in [6.45, 7) is 1.79. The van der Waals surface area contributed by atoms with Crippen molar-refractivity contribution in [3.05, 3.63) is 16.6 Å². The van der Waals surface area contributed by atoms with Crippen LogP contribution >= 0.6 is 15.9 Å². The minimum Gasteiger partial charge on any atom is -0.294 e. The Labute approximate surface area is 84.6 Å². The van der Waals surface area contributed by atoms with Crippen molar-refractivity contribution >= 4 is 15.9 Å². The number of hydrogen-bond donors (Lipinski definition) is 0. The fraction of sp³-hybridized carbons (Fsp3) is 0.625. The van der Waals surface area contributed by atoms with Crippen LogP contribution in [0.5, 0.6) is 0 Å². The van der Waals surface area contributed by atoms with Crippen molar-refractivity contribution in [2.24, 2.45) is 0 Å². The molecule has 1 fully saturated rings. The van der Waals surface area contributed by atoms with Gasteiger partial charge in [-0.3, -0.25) is 5.01 Å². The van der Waals surface area contributed by atoms with Gasteiger partial charge >= 0.3 is 0 Å². The summed E-state index contributed by atoms with van der Waals surface area (Å²) in [5.74, 6) is -0.304. The van der Waals surface area contributed by atoms with Crippen molar-refractivity contribution in [2.45, 2.75) is 19.3 Å². The van der Waals surface area contributed by atoms with Crippen molar-refractivity contribution in [1.29, 1.82) is 0 Å². The van der Waals surface area contributed by atoms with E-state index in [9.17, 15) is 4.39 Å². The maximum absolute atomic E-state index is 13.4. The molecule has 0 radical (unpaired) electrons. The molecular weight excluding hydrogens is 237 g/mol. The van der Waals surface area contributed by atoms with E-state index >= 15 is 0 Å². The molecule has 0 aliphatic carbocycles. The Balaban J connectivity index is 2.18. The van der Waals surface area contributed by atoms with E-state index in [1.54, 1.807) is 0 Å². The molecule has 0 unspecified atom stereocenters. The maximum atomic E-state index is 13.4. The van der Waals surface area contributed by atoms with Crippen molar-refractivity contribution in [3.63, 3.8) is 0 Å². The molecule has 0 atom stereocenters. The predicted octanol–water partition coefficient (Wildman–Crippen LogP) is 1.91. The Hall–Kier alpha value is -0.580. The molecule has 0 N–H and O–H groups in total. The van der Waals surface area contributed by atoms with Crippen LogP contribution in [0.15, 0.2) is 10.7 Å². The van der Waals surface area contributed by atoms with Crippen molar-refractivity contribution in [2.75, 3.05) is 18.1 Å². The first-order valence-electron chi connectivity index (χ1n) is 4.43. The van der Waals surface area contributed by atoms with Crippen LogP contribution in [0.1, 0.15) is 19.3 Å². The first kappa shape index (κ1) is 8.99. The van der Waals surface area contributed by atoms with Crippen LogP contribution in [-0.4, -0.2) is 23.0 Å². The third kappa shape index (κ3) is 1.70. The third-order valence-electron chi connectivity index (χ3n) is 2.25. The van der Waals surface area contributed by atoms with Crippen LogP contribution in [0.4, 0.5) is 4.39 Å². The largest absolute Gasteiger partial charge is 0.294 e. The second-order valence-electron chi connectivity index (χ2n) is 3.19. The maximum Gasteiger partial charge on any atom is 0.246 e. The van der Waals surface area contributed by atoms with Gasteiger partial charge in [0.15, 0.2) is 0 Å². The summed E-state index contributed by atoms with van der Waals surface area (Å²) in [6, 6.07) is 0. The highest BCUT2D eigenvalue weighted by Gasteiger charge is 2.16. The topological polar surface area (TPSA) is 21.1 Å². The molecule has 72 valence electrons. The standard InChI is InChI=1S/C8H11BrFN3/c9-7-6-11-13(8(7)10)12-4-2-1-3-5-12/h6H,1-5H2. The van der Waals surface area contributed by atoms with Gasteiger partial charge in [-0.15, -0.1) is 4.79 Å². The summed E-state index contributed by atoms with van der Waals surface area (Å²) in [7, 11) is 0. The molecule has 2 heterocycles. The zero-order chi connectivity index (χ0) is 9.26. The summed E-state index contributed by atoms with van der Waals surface area (Å²) >= 11 is 3.10. The van der Waals surface area contributed by atoms with Gasteiger partial charge in [-0.05, 0) is 35.2 Å². The molecule has 0 aromatic carbocycles. The average Bonchev–Trinajstić information content (AvgIpc) is 2.49. The van der Waals surface area contributed by atoms with Crippen molar-refractivity contribution in [1.82, 2.24) is 9.89 Å². The summed E-state index contributed by atoms with van der Waals surface area (Å²) in [5, 5.41) is 5.89. The van der Waals surface area contributed by atoms with Crippen molar-refractivity contribution in [3.8, 4) is 0 Å². The molecule has 0 saturated carbocycles. The second-order valence-corrected chi connectivity index (χ2v) is 4.04. The summed E-state index contributed by atoms with van der Waals surface area (Å²) in [6.07, 6.45) is 4.97. The minimum atomic E-state index is -0.304. The van der Waals surface area contributed by atoms with Crippen LogP contribution in [-0.2, 0) is 0 Å². The first-order chi connectivity index (χ1) is 6.29. The van der Waals surface area contributed by atoms with Gasteiger partial charge in [0, 0.05) is 13.1 Å². The van der Waals surface area contributed by atoms with E-state index in [0.29, 0.717) is 4.47 Å². The molecule has 2 rings (SSSR count). The lowest BCUT2D eigenvalue weighted by Gasteiger charge is -2.28. The second kappa shape index (κ2) is 3.65. The van der Waals surface area contributed by atoms with Gasteiger partial charge in [-0.2, -0.15) is 9.49 Å². The number of nitrogens with zero attached hydrogens (tertiary/aromatic N) is 3. The summed E-state index contributed by atoms with van der Waals surface area (Å²) in [5.41, 5.74) is 0. The Morgan fingerprint density at radius 2 is 2.00 bits per heavy atom. The van der Waals surface area contributed by atoms with E-state index < -0.39 is 0 Å². The quantitative estimate of drug-likeness (QED) is 0.756. The number of hydrogen-bond acceptors (Lipinski definition) is 2. The SMILES string of the molecule is Fc1c(Br)cnn1N1CCCCC1. The lowest BCUT2D eigenvalue weighted by atomic mass is 10.2. The summed E-state index contributed by atoms with van der Waals surface area (Å²) < 4.78 is 13.8. The minimum absolute atomic E-state index is 0.304. The van der Waals surface area contributed by atoms with E-state index in [2.05, 4.69) is 21.0 Å². The monoisotopic (exact) mass is 247 g/mol. The van der Waals surface area contributed by atoms with Crippen LogP contribution < -0.4 is 5.01 Å². The average molecular weight is 248 g/mol. The van der Waals surface area contributed by atoms with Gasteiger partial charge in [0.25, 0.3) is 0 Å². The van der Waals surface area contributed by atoms with Gasteiger partial charge in [-0.25, -0.2) is 0 Å². The van der Waals surface area contributed by atoms with Crippen LogP contribution in [0.2, 0.25) is 0 Å². The lowest BCUT2D eigenvalue weighted by Crippen LogP contribution is -2.40. The lowest BCUT2D eigenvalue weighted by molar-refractivity contribution is 0.386. The van der Waals surface area contributed by atoms with Crippen LogP contribution in [0, 0.1) is 5.95 Å². The molecule has 1 aliphatic rings. The third-order valence-corrected chi connectivity index (χ3v) is 2.79. The van der Waals surface area contributed by atoms with Gasteiger partial charge in [0.05, 0.1) is 10.7 Å². The molecule has 13 heavy (non-hydrogen) atoms. The normalized spacial score (nSPS) is 17.8. The number of piperidine rings is 1. The molecule has 1 aromatic rings. The molecular formula is C8H11BrFN3. The molecule has 0 spiro atoms. The van der Waals surface area contributed by atoms with E-state index in [1.165, 1.54) is 17.4 Å². The van der Waals surface area contributed by atoms with E-state index in [4.69, 9.17) is 0 Å². The van der Waals surface area contributed by atoms with Gasteiger partial charge in [0.1, 0.15) is 0 Å². The molecule has 5 heteroatoms. The van der Waals surface area contributed by atoms with E-state index in [1.807, 2.05) is 5.01 Å². The van der Waals surface area contributed by atoms with Gasteiger partial charge < -0.3 is 0 Å². The highest BCUT2D eigenvalue weighted by Crippen LogP contribution is 2.16. The van der Waals surface area contributed by atoms with Crippen molar-refractivity contribution < 1.29 is 4.39 Å². The number of rotatable bonds is 1. The van der Waals surface area contributed by atoms with Crippen LogP contribution in [0.25, 0.3) is 0 Å². The van der Waals surface area contributed by atoms with Crippen LogP contribution in [0.3, 0.4) is 0 Å². The Bertz CT molecular complexity index is 294. The molecule has 0 bridgehead atoms. The zero-order valence-corrected chi connectivity index (χ0v) is 8.80. The Morgan fingerprint density at radius 3 is 2.54 bits per heavy atom. The highest BCUT2D eigenvalue weighted by atomic mass is 79.9. The molecule has 3 nitrogen and oxygen atoms in total. The number of aromatic nitrogens is 2. The highest BCUT2D eigenvalue weighted by molar-refractivity contribution is 9.10. The fourth-order valence-electron chi connectivity index (χ4n) is 1.57. The number of halogens is 2. The van der Waals surface area contributed by atoms with Gasteiger partial charge in [-0.1, -0.05) is 0 Å². The fourth-order valence-corrected chi connectivity index (χ4v) is 1.82. The van der Waals surface area contributed by atoms with E-state index in [0.717, 1.165) is 25.9 Å². The van der Waals surface area contributed by atoms with Gasteiger partial charge in [0.2, 0.25) is 5.95 Å². The predicted molar refractivity (Wildman–Crippen MR) is 51.7 cm³/mol. The molecule has 1 saturated heterocycles. The first-order valence-corrected chi connectivity index (χ1v) is 5.22. The Kier molecular flexibility index (Phi) is 2.53.